The summed E-state index contributed by atoms with van der Waals surface area (Å²) in [4.78, 5) is 15.8. The van der Waals surface area contributed by atoms with Crippen molar-refractivity contribution in [2.24, 2.45) is 5.92 Å². The first-order valence-corrected chi connectivity index (χ1v) is 6.18. The van der Waals surface area contributed by atoms with Crippen molar-refractivity contribution in [3.8, 4) is 0 Å². The summed E-state index contributed by atoms with van der Waals surface area (Å²) < 4.78 is 0. The molecule has 3 heteroatoms. The van der Waals surface area contributed by atoms with Crippen molar-refractivity contribution in [3.63, 3.8) is 0 Å². The van der Waals surface area contributed by atoms with Gasteiger partial charge in [-0.05, 0) is 30.9 Å². The van der Waals surface area contributed by atoms with Gasteiger partial charge in [0, 0.05) is 31.3 Å². The zero-order valence-electron chi connectivity index (χ0n) is 9.93. The fourth-order valence-electron chi connectivity index (χ4n) is 2.05. The summed E-state index contributed by atoms with van der Waals surface area (Å²) in [6.45, 7) is 0.673. The molecule has 0 aliphatic heterocycles. The van der Waals surface area contributed by atoms with E-state index in [1.165, 1.54) is 0 Å². The normalized spacial score (nSPS) is 18.2. The van der Waals surface area contributed by atoms with E-state index >= 15 is 0 Å². The summed E-state index contributed by atoms with van der Waals surface area (Å²) in [5.74, 6) is 0.599. The first-order chi connectivity index (χ1) is 8.34. The van der Waals surface area contributed by atoms with Crippen molar-refractivity contribution in [2.45, 2.75) is 25.7 Å². The van der Waals surface area contributed by atoms with Crippen LogP contribution in [0.15, 0.2) is 36.5 Å². The Morgan fingerprint density at radius 3 is 3.12 bits per heavy atom. The standard InChI is InChI=1S/C14H18N2O/c17-14(11-12-5-1-2-6-12)16-10-8-13-7-3-4-9-15-13/h1,3-5,7,9,12H,2,6,8,10-11H2,(H,16,17). The second-order valence-electron chi connectivity index (χ2n) is 4.39. The fraction of sp³-hybridized carbons (Fsp3) is 0.429. The van der Waals surface area contributed by atoms with Gasteiger partial charge >= 0.3 is 0 Å². The number of nitrogens with one attached hydrogen (secondary N) is 1. The average Bonchev–Trinajstić information content (AvgIpc) is 2.83. The molecule has 1 aromatic rings. The number of aromatic nitrogens is 1. The van der Waals surface area contributed by atoms with E-state index in [4.69, 9.17) is 0 Å². The van der Waals surface area contributed by atoms with Gasteiger partial charge in [-0.1, -0.05) is 18.2 Å². The van der Waals surface area contributed by atoms with Crippen molar-refractivity contribution in [3.05, 3.63) is 42.2 Å². The largest absolute Gasteiger partial charge is 0.356 e. The molecular formula is C14H18N2O. The average molecular weight is 230 g/mol. The second-order valence-corrected chi connectivity index (χ2v) is 4.39. The van der Waals surface area contributed by atoms with Crippen LogP contribution in [-0.4, -0.2) is 17.4 Å². The van der Waals surface area contributed by atoms with Gasteiger partial charge in [-0.25, -0.2) is 0 Å². The molecular weight excluding hydrogens is 212 g/mol. The molecule has 0 fully saturated rings. The molecule has 3 nitrogen and oxygen atoms in total. The fourth-order valence-corrected chi connectivity index (χ4v) is 2.05. The second kappa shape index (κ2) is 6.18. The van der Waals surface area contributed by atoms with E-state index < -0.39 is 0 Å². The third kappa shape index (κ3) is 4.02. The number of carbonyl (C=O) groups excluding carboxylic acids is 1. The zero-order valence-corrected chi connectivity index (χ0v) is 9.93. The van der Waals surface area contributed by atoms with Gasteiger partial charge in [-0.3, -0.25) is 9.78 Å². The van der Waals surface area contributed by atoms with E-state index in [1.54, 1.807) is 6.20 Å². The minimum absolute atomic E-state index is 0.150. The van der Waals surface area contributed by atoms with Crippen LogP contribution in [0.2, 0.25) is 0 Å². The topological polar surface area (TPSA) is 42.0 Å². The molecule has 1 unspecified atom stereocenters. The molecule has 1 aliphatic rings. The minimum Gasteiger partial charge on any atom is -0.356 e. The highest BCUT2D eigenvalue weighted by Gasteiger charge is 2.13. The molecule has 1 amide bonds. The molecule has 90 valence electrons. The summed E-state index contributed by atoms with van der Waals surface area (Å²) in [5.41, 5.74) is 1.02. The van der Waals surface area contributed by atoms with Gasteiger partial charge in [0.05, 0.1) is 0 Å². The lowest BCUT2D eigenvalue weighted by Gasteiger charge is -2.08. The molecule has 1 atom stereocenters. The molecule has 1 aliphatic carbocycles. The predicted molar refractivity (Wildman–Crippen MR) is 67.4 cm³/mol. The number of allylic oxidation sites excluding steroid dienone is 2. The summed E-state index contributed by atoms with van der Waals surface area (Å²) in [7, 11) is 0. The Kier molecular flexibility index (Phi) is 4.30. The maximum atomic E-state index is 11.6. The third-order valence-electron chi connectivity index (χ3n) is 2.99. The van der Waals surface area contributed by atoms with Crippen LogP contribution < -0.4 is 5.32 Å². The van der Waals surface area contributed by atoms with Crippen molar-refractivity contribution in [2.75, 3.05) is 6.54 Å². The molecule has 1 aromatic heterocycles. The molecule has 0 saturated carbocycles. The van der Waals surface area contributed by atoms with Gasteiger partial charge in [0.2, 0.25) is 5.91 Å². The quantitative estimate of drug-likeness (QED) is 0.787. The van der Waals surface area contributed by atoms with Crippen LogP contribution >= 0.6 is 0 Å². The van der Waals surface area contributed by atoms with E-state index in [0.29, 0.717) is 18.9 Å². The molecule has 2 rings (SSSR count). The van der Waals surface area contributed by atoms with Crippen LogP contribution in [0.5, 0.6) is 0 Å². The number of carbonyl (C=O) groups is 1. The lowest BCUT2D eigenvalue weighted by atomic mass is 10.1. The molecule has 1 N–H and O–H groups in total. The summed E-state index contributed by atoms with van der Waals surface area (Å²) in [5, 5.41) is 2.95. The van der Waals surface area contributed by atoms with Gasteiger partial charge in [0.1, 0.15) is 0 Å². The van der Waals surface area contributed by atoms with Crippen molar-refractivity contribution in [1.82, 2.24) is 10.3 Å². The molecule has 17 heavy (non-hydrogen) atoms. The van der Waals surface area contributed by atoms with E-state index in [0.717, 1.165) is 25.0 Å². The van der Waals surface area contributed by atoms with E-state index in [1.807, 2.05) is 18.2 Å². The smallest absolute Gasteiger partial charge is 0.220 e. The van der Waals surface area contributed by atoms with E-state index in [2.05, 4.69) is 22.5 Å². The number of rotatable bonds is 5. The Labute approximate surface area is 102 Å². The van der Waals surface area contributed by atoms with Gasteiger partial charge in [-0.2, -0.15) is 0 Å². The third-order valence-corrected chi connectivity index (χ3v) is 2.99. The highest BCUT2D eigenvalue weighted by atomic mass is 16.1. The first kappa shape index (κ1) is 11.8. The molecule has 0 saturated heterocycles. The summed E-state index contributed by atoms with van der Waals surface area (Å²) >= 11 is 0. The highest BCUT2D eigenvalue weighted by molar-refractivity contribution is 5.76. The Morgan fingerprint density at radius 2 is 2.41 bits per heavy atom. The monoisotopic (exact) mass is 230 g/mol. The predicted octanol–water partition coefficient (Wildman–Crippen LogP) is 2.10. The lowest BCUT2D eigenvalue weighted by Crippen LogP contribution is -2.27. The molecule has 0 bridgehead atoms. The van der Waals surface area contributed by atoms with Gasteiger partial charge in [0.15, 0.2) is 0 Å². The van der Waals surface area contributed by atoms with Gasteiger partial charge in [0.25, 0.3) is 0 Å². The van der Waals surface area contributed by atoms with Crippen LogP contribution in [-0.2, 0) is 11.2 Å². The minimum atomic E-state index is 0.150. The number of hydrogen-bond donors (Lipinski definition) is 1. The first-order valence-electron chi connectivity index (χ1n) is 6.18. The summed E-state index contributed by atoms with van der Waals surface area (Å²) in [6.07, 6.45) is 9.75. The highest BCUT2D eigenvalue weighted by Crippen LogP contribution is 2.19. The van der Waals surface area contributed by atoms with Crippen LogP contribution in [0.1, 0.15) is 25.0 Å². The van der Waals surface area contributed by atoms with E-state index in [-0.39, 0.29) is 5.91 Å². The number of amides is 1. The maximum Gasteiger partial charge on any atom is 0.220 e. The van der Waals surface area contributed by atoms with Crippen LogP contribution in [0, 0.1) is 5.92 Å². The Morgan fingerprint density at radius 1 is 1.47 bits per heavy atom. The number of pyridine rings is 1. The van der Waals surface area contributed by atoms with Crippen LogP contribution in [0.25, 0.3) is 0 Å². The van der Waals surface area contributed by atoms with Gasteiger partial charge in [-0.15, -0.1) is 0 Å². The van der Waals surface area contributed by atoms with Crippen LogP contribution in [0.4, 0.5) is 0 Å². The molecule has 0 radical (unpaired) electrons. The summed E-state index contributed by atoms with van der Waals surface area (Å²) in [6, 6.07) is 5.84. The Balaban J connectivity index is 1.64. The number of nitrogens with zero attached hydrogens (tertiary/aromatic N) is 1. The van der Waals surface area contributed by atoms with E-state index in [9.17, 15) is 4.79 Å². The SMILES string of the molecule is O=C(CC1C=CCC1)NCCc1ccccn1. The molecule has 1 heterocycles. The lowest BCUT2D eigenvalue weighted by molar-refractivity contribution is -0.121. The van der Waals surface area contributed by atoms with Crippen LogP contribution in [0.3, 0.4) is 0 Å². The molecule has 0 aromatic carbocycles. The van der Waals surface area contributed by atoms with Crippen molar-refractivity contribution in [1.29, 1.82) is 0 Å². The number of hydrogen-bond acceptors (Lipinski definition) is 2. The van der Waals surface area contributed by atoms with Crippen molar-refractivity contribution >= 4 is 5.91 Å². The zero-order chi connectivity index (χ0) is 11.9. The molecule has 0 spiro atoms. The van der Waals surface area contributed by atoms with Crippen molar-refractivity contribution < 1.29 is 4.79 Å². The maximum absolute atomic E-state index is 11.6. The Bertz CT molecular complexity index is 386. The Hall–Kier alpha value is -1.64. The van der Waals surface area contributed by atoms with Gasteiger partial charge < -0.3 is 5.32 Å².